The van der Waals surface area contributed by atoms with E-state index in [4.69, 9.17) is 4.52 Å². The molecular weight excluding hydrogens is 614 g/mol. The van der Waals surface area contributed by atoms with Crippen LogP contribution in [0.5, 0.6) is 0 Å². The van der Waals surface area contributed by atoms with E-state index in [2.05, 4.69) is 16.2 Å². The highest BCUT2D eigenvalue weighted by molar-refractivity contribution is 5.96. The lowest BCUT2D eigenvalue weighted by atomic mass is 9.50. The fourth-order valence-electron chi connectivity index (χ4n) is 8.99. The Balaban J connectivity index is 1.12. The predicted octanol–water partition coefficient (Wildman–Crippen LogP) is 7.56. The van der Waals surface area contributed by atoms with Crippen molar-refractivity contribution in [1.29, 1.82) is 0 Å². The van der Waals surface area contributed by atoms with Gasteiger partial charge in [-0.25, -0.2) is 4.39 Å². The van der Waals surface area contributed by atoms with Crippen LogP contribution in [0.15, 0.2) is 34.9 Å². The quantitative estimate of drug-likeness (QED) is 0.284. The second-order valence-corrected chi connectivity index (χ2v) is 16.8. The summed E-state index contributed by atoms with van der Waals surface area (Å²) in [5, 5.41) is 24.7. The van der Waals surface area contributed by atoms with Gasteiger partial charge in [0.25, 0.3) is 5.89 Å². The molecule has 0 atom stereocenters. The smallest absolute Gasteiger partial charge is 0.390 e. The monoisotopic (exact) mass is 659 g/mol. The van der Waals surface area contributed by atoms with Gasteiger partial charge in [-0.15, -0.1) is 0 Å². The van der Waals surface area contributed by atoms with E-state index in [9.17, 15) is 32.6 Å². The van der Waals surface area contributed by atoms with Crippen molar-refractivity contribution in [1.82, 2.24) is 10.1 Å². The van der Waals surface area contributed by atoms with E-state index >= 15 is 0 Å². The predicted molar refractivity (Wildman–Crippen MR) is 167 cm³/mol. The zero-order chi connectivity index (χ0) is 33.8. The summed E-state index contributed by atoms with van der Waals surface area (Å²) >= 11 is 0. The maximum atomic E-state index is 14.5. The molecule has 1 aromatic carbocycles. The number of hydrogen-bond donors (Lipinski definition) is 2. The molecule has 8 rings (SSSR count). The van der Waals surface area contributed by atoms with Crippen LogP contribution in [-0.4, -0.2) is 50.2 Å². The first-order valence-electron chi connectivity index (χ1n) is 16.9. The highest BCUT2D eigenvalue weighted by Gasteiger charge is 2.63. The van der Waals surface area contributed by atoms with Crippen LogP contribution < -0.4 is 4.90 Å². The maximum Gasteiger partial charge on any atom is 0.417 e. The first-order chi connectivity index (χ1) is 21.7. The molecule has 2 bridgehead atoms. The van der Waals surface area contributed by atoms with Crippen LogP contribution in [0.4, 0.5) is 23.2 Å². The van der Waals surface area contributed by atoms with E-state index in [1.54, 1.807) is 4.90 Å². The van der Waals surface area contributed by atoms with E-state index < -0.39 is 41.8 Å². The third-order valence-corrected chi connectivity index (χ3v) is 12.5. The number of allylic oxidation sites excluding steroid dienone is 2. The Hall–Kier alpha value is -2.79. The number of hydrogen-bond acceptors (Lipinski definition) is 6. The number of halogens is 4. The van der Waals surface area contributed by atoms with Crippen molar-refractivity contribution in [2.45, 2.75) is 127 Å². The number of carbonyl (C=O) groups excluding carboxylic acids is 1. The number of benzene rings is 1. The van der Waals surface area contributed by atoms with E-state index in [1.165, 1.54) is 19.4 Å². The summed E-state index contributed by atoms with van der Waals surface area (Å²) in [6.45, 7) is 6.84. The van der Waals surface area contributed by atoms with Crippen molar-refractivity contribution in [3.05, 3.63) is 47.6 Å². The summed E-state index contributed by atoms with van der Waals surface area (Å²) in [5.41, 5.74) is -2.90. The maximum absolute atomic E-state index is 14.5. The first kappa shape index (κ1) is 32.7. The molecule has 11 heteroatoms. The summed E-state index contributed by atoms with van der Waals surface area (Å²) in [6, 6.07) is 7.73. The fourth-order valence-corrected chi connectivity index (χ4v) is 8.99. The Bertz CT molecular complexity index is 1560. The van der Waals surface area contributed by atoms with Crippen LogP contribution in [0.25, 0.3) is 5.57 Å². The summed E-state index contributed by atoms with van der Waals surface area (Å²) in [4.78, 5) is 20.2. The van der Waals surface area contributed by atoms with E-state index in [-0.39, 0.29) is 34.0 Å². The zero-order valence-corrected chi connectivity index (χ0v) is 27.6. The number of alkyl halides is 4. The van der Waals surface area contributed by atoms with Gasteiger partial charge in [-0.2, -0.15) is 18.2 Å². The summed E-state index contributed by atoms with van der Waals surface area (Å²) < 4.78 is 60.3. The first-order valence-corrected chi connectivity index (χ1v) is 16.9. The van der Waals surface area contributed by atoms with Gasteiger partial charge in [0, 0.05) is 23.6 Å². The molecule has 1 amide bonds. The SMILES string of the molecule is CC(C)(F)c1nc(C23CCC(CN(C(=O)C4CC(O)(C(F)(F)F)C4)c4cccc(C5=CC6(C5)CC(C(C)(C)O)C6)c4)(CC2)CC3)no1. The van der Waals surface area contributed by atoms with E-state index in [0.29, 0.717) is 18.1 Å². The number of aliphatic hydroxyl groups is 2. The van der Waals surface area contributed by atoms with Crippen molar-refractivity contribution < 1.29 is 37.1 Å². The van der Waals surface area contributed by atoms with E-state index in [0.717, 1.165) is 63.4 Å². The lowest BCUT2D eigenvalue weighted by molar-refractivity contribution is -0.295. The number of amides is 1. The van der Waals surface area contributed by atoms with Gasteiger partial charge in [-0.1, -0.05) is 23.4 Å². The third kappa shape index (κ3) is 5.53. The van der Waals surface area contributed by atoms with Crippen molar-refractivity contribution >= 4 is 17.2 Å². The molecule has 1 aromatic heterocycles. The molecule has 1 spiro atoms. The lowest BCUT2D eigenvalue weighted by Gasteiger charge is -2.55. The average Bonchev–Trinajstić information content (AvgIpc) is 3.45. The summed E-state index contributed by atoms with van der Waals surface area (Å²) in [7, 11) is 0. The minimum absolute atomic E-state index is 0.0397. The third-order valence-electron chi connectivity index (χ3n) is 12.5. The van der Waals surface area contributed by atoms with E-state index in [1.807, 2.05) is 38.1 Å². The summed E-state index contributed by atoms with van der Waals surface area (Å²) in [6.07, 6.45) is 3.55. The topological polar surface area (TPSA) is 99.7 Å². The molecule has 47 heavy (non-hydrogen) atoms. The molecule has 5 fully saturated rings. The number of fused-ring (bicyclic) bond motifs is 3. The van der Waals surface area contributed by atoms with Crippen LogP contribution in [0.2, 0.25) is 0 Å². The Morgan fingerprint density at radius 1 is 1.00 bits per heavy atom. The molecule has 0 unspecified atom stereocenters. The molecule has 6 aliphatic rings. The number of aromatic nitrogens is 2. The van der Waals surface area contributed by atoms with Crippen LogP contribution in [0.1, 0.15) is 116 Å². The fraction of sp³-hybridized carbons (Fsp3) is 0.694. The minimum Gasteiger partial charge on any atom is -0.390 e. The van der Waals surface area contributed by atoms with Crippen LogP contribution >= 0.6 is 0 Å². The summed E-state index contributed by atoms with van der Waals surface area (Å²) in [5.74, 6) is -0.553. The number of anilines is 1. The van der Waals surface area contributed by atoms with Crippen molar-refractivity contribution in [3.63, 3.8) is 0 Å². The van der Waals surface area contributed by atoms with Crippen molar-refractivity contribution in [3.8, 4) is 0 Å². The second-order valence-electron chi connectivity index (χ2n) is 16.8. The van der Waals surface area contributed by atoms with Crippen LogP contribution in [-0.2, 0) is 15.9 Å². The molecule has 256 valence electrons. The highest BCUT2D eigenvalue weighted by Crippen LogP contribution is 2.62. The number of rotatable bonds is 8. The van der Waals surface area contributed by atoms with Gasteiger partial charge in [-0.3, -0.25) is 4.79 Å². The molecule has 2 aromatic rings. The molecule has 6 aliphatic carbocycles. The molecular formula is C36H45F4N3O4. The molecule has 0 aliphatic heterocycles. The Morgan fingerprint density at radius 2 is 1.62 bits per heavy atom. The Labute approximate surface area is 272 Å². The van der Waals surface area contributed by atoms with Gasteiger partial charge in [0.2, 0.25) is 5.91 Å². The molecule has 7 nitrogen and oxygen atoms in total. The van der Waals surface area contributed by atoms with Gasteiger partial charge in [-0.05, 0) is 138 Å². The number of carbonyl (C=O) groups is 1. The second kappa shape index (κ2) is 10.4. The standard InChI is InChI=1S/C36H45F4N3O4/c1-30(2,37)29-41-28(42-47-29)34-11-8-32(9-12-34,10-13-34)21-43(27(44)24-17-35(46,18-24)36(38,39)40)26-7-5-6-22(14-26)23-15-33(16-23)19-25(20-33)31(3,4)45/h5-7,14-15,24-25,45-46H,8-13,16-21H2,1-4H3. The molecule has 5 saturated carbocycles. The highest BCUT2D eigenvalue weighted by atomic mass is 19.4. The van der Waals surface area contributed by atoms with Gasteiger partial charge < -0.3 is 19.6 Å². The van der Waals surface area contributed by atoms with Gasteiger partial charge >= 0.3 is 6.18 Å². The Morgan fingerprint density at radius 3 is 2.15 bits per heavy atom. The van der Waals surface area contributed by atoms with Crippen LogP contribution in [0, 0.1) is 22.7 Å². The molecule has 1 heterocycles. The Kier molecular flexibility index (Phi) is 7.22. The molecule has 0 radical (unpaired) electrons. The number of nitrogens with zero attached hydrogens (tertiary/aromatic N) is 3. The molecule has 2 N–H and O–H groups in total. The van der Waals surface area contributed by atoms with Crippen molar-refractivity contribution in [2.24, 2.45) is 22.7 Å². The zero-order valence-electron chi connectivity index (χ0n) is 27.6. The molecule has 0 saturated heterocycles. The largest absolute Gasteiger partial charge is 0.417 e. The average molecular weight is 660 g/mol. The lowest BCUT2D eigenvalue weighted by Crippen LogP contribution is -2.60. The van der Waals surface area contributed by atoms with Gasteiger partial charge in [0.15, 0.2) is 17.1 Å². The van der Waals surface area contributed by atoms with Gasteiger partial charge in [0.1, 0.15) is 0 Å². The van der Waals surface area contributed by atoms with Crippen molar-refractivity contribution in [2.75, 3.05) is 11.4 Å². The normalized spacial score (nSPS) is 35.1. The van der Waals surface area contributed by atoms with Crippen LogP contribution in [0.3, 0.4) is 0 Å². The minimum atomic E-state index is -4.78. The van der Waals surface area contributed by atoms with Gasteiger partial charge in [0.05, 0.1) is 5.60 Å².